The van der Waals surface area contributed by atoms with Gasteiger partial charge in [0.2, 0.25) is 21.1 Å². The summed E-state index contributed by atoms with van der Waals surface area (Å²) in [5.74, 6) is -3.54. The molecule has 0 aliphatic carbocycles. The summed E-state index contributed by atoms with van der Waals surface area (Å²) in [7, 11) is -26.0. The molecule has 22 nitrogen and oxygen atoms in total. The van der Waals surface area contributed by atoms with Crippen molar-refractivity contribution in [2.24, 2.45) is 10.2 Å². The van der Waals surface area contributed by atoms with Gasteiger partial charge in [0.25, 0.3) is 5.16 Å². The van der Waals surface area contributed by atoms with Crippen LogP contribution in [0.4, 0.5) is 23.0 Å². The van der Waals surface area contributed by atoms with Crippen LogP contribution in [0.25, 0.3) is 10.8 Å². The maximum absolute atomic E-state index is 13.7. The number of hydrogen-bond acceptors (Lipinski definition) is 21. The summed E-state index contributed by atoms with van der Waals surface area (Å²) in [6.07, 6.45) is 0. The fraction of sp³-hybridized carbons (Fsp3) is 0.0952. The third kappa shape index (κ3) is 14.1. The second kappa shape index (κ2) is 20.1. The van der Waals surface area contributed by atoms with Crippen molar-refractivity contribution in [3.05, 3.63) is 47.7 Å². The van der Waals surface area contributed by atoms with Gasteiger partial charge < -0.3 is 24.1 Å². The summed E-state index contributed by atoms with van der Waals surface area (Å²) in [4.78, 5) is 7.00. The van der Waals surface area contributed by atoms with Crippen LogP contribution < -0.4 is 129 Å². The van der Waals surface area contributed by atoms with Crippen molar-refractivity contribution in [3.8, 4) is 5.75 Å². The minimum atomic E-state index is -5.67. The third-order valence-electron chi connectivity index (χ3n) is 5.75. The van der Waals surface area contributed by atoms with Gasteiger partial charge in [-0.25, -0.2) is 37.9 Å². The molecule has 0 unspecified atom stereocenters. The molecule has 4 aromatic rings. The fourth-order valence-electron chi connectivity index (χ4n) is 3.82. The van der Waals surface area contributed by atoms with Gasteiger partial charge in [-0.3, -0.25) is 4.55 Å². The maximum atomic E-state index is 13.7. The van der Waals surface area contributed by atoms with Crippen LogP contribution in [0.1, 0.15) is 0 Å². The number of nitrogens with zero attached hydrogens (tertiary/aromatic N) is 5. The van der Waals surface area contributed by atoms with E-state index >= 15 is 0 Å². The quantitative estimate of drug-likeness (QED) is 0.0757. The molecule has 32 heteroatoms. The van der Waals surface area contributed by atoms with E-state index in [2.05, 4.69) is 34.7 Å². The van der Waals surface area contributed by atoms with Gasteiger partial charge >= 0.3 is 129 Å². The van der Waals surface area contributed by atoms with Crippen LogP contribution in [-0.2, 0) is 54.8 Å². The van der Waals surface area contributed by atoms with Crippen molar-refractivity contribution in [1.82, 2.24) is 15.0 Å². The second-order valence-corrected chi connectivity index (χ2v) is 16.6. The topological polar surface area (TPSA) is 368 Å². The molecule has 4 rings (SSSR count). The van der Waals surface area contributed by atoms with Crippen molar-refractivity contribution in [3.63, 3.8) is 0 Å². The molecule has 0 atom stereocenters. The number of hydrogen-bond donors (Lipinski definition) is 2. The molecule has 0 saturated carbocycles. The van der Waals surface area contributed by atoms with Crippen molar-refractivity contribution >= 4 is 96.0 Å². The average Bonchev–Trinajstić information content (AvgIpc) is 2.94. The third-order valence-corrected chi connectivity index (χ3v) is 10.4. The van der Waals surface area contributed by atoms with Crippen molar-refractivity contribution in [2.45, 2.75) is 19.8 Å². The molecule has 264 valence electrons. The van der Waals surface area contributed by atoms with Crippen LogP contribution >= 0.6 is 11.6 Å². The molecule has 1 heterocycles. The number of nitrogens with one attached hydrogen (secondary N) is 1. The molecule has 0 radical (unpaired) electrons. The summed E-state index contributed by atoms with van der Waals surface area (Å²) < 4.78 is 166. The molecule has 3 aromatic carbocycles. The predicted octanol–water partition coefficient (Wildman–Crippen LogP) is -11.8. The number of rotatable bonds is 12. The minimum absolute atomic E-state index is 0. The van der Waals surface area contributed by atoms with Gasteiger partial charge in [-0.2, -0.15) is 23.4 Å². The molecule has 53 heavy (non-hydrogen) atoms. The number of fused-ring (bicyclic) bond motifs is 1. The Hall–Kier alpha value is -0.0300. The zero-order valence-corrected chi connectivity index (χ0v) is 40.0. The Bertz CT molecular complexity index is 2620. The van der Waals surface area contributed by atoms with E-state index in [4.69, 9.17) is 16.2 Å². The average molecular weight is 893 g/mol. The van der Waals surface area contributed by atoms with Crippen LogP contribution in [0.2, 0.25) is 5.28 Å². The fourth-order valence-corrected chi connectivity index (χ4v) is 7.15. The zero-order valence-electron chi connectivity index (χ0n) is 27.2. The smallest absolute Gasteiger partial charge is 0.870 e. The first kappa shape index (κ1) is 53.0. The molecular formula is C21H13ClN6Na4O16S5. The minimum Gasteiger partial charge on any atom is -0.870 e. The predicted molar refractivity (Wildman–Crippen MR) is 156 cm³/mol. The standard InChI is InChI=1S/C21H17ClN6O16S5.4Na/c22-19-24-20(26-21(25-19)45(30,31)6-5-44-49(41,42)43)23-13-9-11(46(32,33)34)7-10-8-15(48(38,39)40)17(18(29)16(10)13)28-27-12-3-1-2-4-14(12)47(35,36)37;;;;/h1-4,7-9,29H,5-6H2,(H,32,33,34)(H,35,36,37)(H,38,39,40)(H,41,42,43)(H,23,24,25,26);;;;/q;4*+1/p-4. The van der Waals surface area contributed by atoms with E-state index in [-0.39, 0.29) is 118 Å². The Balaban J connectivity index is 0.00000676. The molecule has 0 aliphatic heterocycles. The normalized spacial score (nSPS) is 12.2. The van der Waals surface area contributed by atoms with Gasteiger partial charge in [-0.1, -0.05) is 17.9 Å². The van der Waals surface area contributed by atoms with Gasteiger partial charge in [-0.15, -0.1) is 10.2 Å². The number of anilines is 2. The summed E-state index contributed by atoms with van der Waals surface area (Å²) in [5.41, 5.74) is -2.73. The molecule has 0 fully saturated rings. The van der Waals surface area contributed by atoms with Crippen molar-refractivity contribution in [1.29, 1.82) is 0 Å². The zero-order chi connectivity index (χ0) is 36.7. The summed E-state index contributed by atoms with van der Waals surface area (Å²) in [5, 5.41) is 19.3. The Morgan fingerprint density at radius 2 is 1.36 bits per heavy atom. The molecule has 0 spiro atoms. The first-order valence-corrected chi connectivity index (χ1v) is 19.7. The van der Waals surface area contributed by atoms with Crippen LogP contribution in [0, 0.1) is 0 Å². The van der Waals surface area contributed by atoms with Crippen LogP contribution in [0.5, 0.6) is 5.75 Å². The van der Waals surface area contributed by atoms with Gasteiger partial charge in [0.1, 0.15) is 36.0 Å². The van der Waals surface area contributed by atoms with Crippen LogP contribution in [0.15, 0.2) is 72.5 Å². The number of aromatic nitrogens is 3. The van der Waals surface area contributed by atoms with E-state index in [1.807, 2.05) is 0 Å². The van der Waals surface area contributed by atoms with E-state index in [9.17, 15) is 60.9 Å². The largest absolute Gasteiger partial charge is 1.00 e. The summed E-state index contributed by atoms with van der Waals surface area (Å²) in [6, 6.07) is 5.50. The number of sulfone groups is 1. The van der Waals surface area contributed by atoms with Gasteiger partial charge in [-0.05, 0) is 52.7 Å². The molecule has 2 N–H and O–H groups in total. The van der Waals surface area contributed by atoms with E-state index in [0.29, 0.717) is 18.2 Å². The van der Waals surface area contributed by atoms with E-state index in [0.717, 1.165) is 18.2 Å². The van der Waals surface area contributed by atoms with Crippen LogP contribution in [-0.4, -0.2) is 87.6 Å². The van der Waals surface area contributed by atoms with Gasteiger partial charge in [0.05, 0.1) is 32.7 Å². The monoisotopic (exact) mass is 892 g/mol. The van der Waals surface area contributed by atoms with Gasteiger partial charge in [0, 0.05) is 5.69 Å². The summed E-state index contributed by atoms with van der Waals surface area (Å²) >= 11 is 5.79. The van der Waals surface area contributed by atoms with Crippen LogP contribution in [0.3, 0.4) is 0 Å². The molecule has 0 aliphatic rings. The Kier molecular flexibility index (Phi) is 20.1. The summed E-state index contributed by atoms with van der Waals surface area (Å²) in [6.45, 7) is -1.12. The van der Waals surface area contributed by atoms with Crippen molar-refractivity contribution < 1.29 is 188 Å². The first-order valence-electron chi connectivity index (χ1n) is 12.1. The molecule has 1 aromatic heterocycles. The Labute approximate surface area is 394 Å². The van der Waals surface area contributed by atoms with Gasteiger partial charge in [0.15, 0.2) is 0 Å². The van der Waals surface area contributed by atoms with E-state index in [1.54, 1.807) is 0 Å². The van der Waals surface area contributed by atoms with Crippen molar-refractivity contribution in [2.75, 3.05) is 17.7 Å². The maximum Gasteiger partial charge on any atom is 1.00 e. The molecular weight excluding hydrogens is 880 g/mol. The molecule has 0 amide bonds. The second-order valence-electron chi connectivity index (χ2n) is 9.06. The number of azo groups is 1. The molecule has 0 saturated heterocycles. The Morgan fingerprint density at radius 1 is 0.774 bits per heavy atom. The van der Waals surface area contributed by atoms with E-state index < -0.39 is 128 Å². The Morgan fingerprint density at radius 3 is 1.91 bits per heavy atom. The number of benzene rings is 3. The first-order chi connectivity index (χ1) is 22.4. The molecule has 0 bridgehead atoms. The SMILES string of the molecule is O=S(=O)(O)OCCS(=O)(=O)c1nc(Cl)nc(Nc2cc(S(=O)(=O)[O-])cc3cc(S(=O)(=O)[O-])c(N=Nc4ccccc4S(=O)(=O)[O-])c([O-])c23)n1.[Na+].[Na+].[Na+].[Na+]. The van der Waals surface area contributed by atoms with E-state index in [1.165, 1.54) is 6.07 Å². The number of halogens is 1.